The van der Waals surface area contributed by atoms with Gasteiger partial charge in [-0.25, -0.2) is 0 Å². The fraction of sp³-hybridized carbons (Fsp3) is 0.556. The lowest BCUT2D eigenvalue weighted by atomic mass is 9.76. The van der Waals surface area contributed by atoms with Crippen molar-refractivity contribution in [1.29, 1.82) is 0 Å². The summed E-state index contributed by atoms with van der Waals surface area (Å²) in [5.74, 6) is 0.428. The van der Waals surface area contributed by atoms with Crippen LogP contribution in [0.2, 0.25) is 0 Å². The van der Waals surface area contributed by atoms with Crippen molar-refractivity contribution in [2.45, 2.75) is 88.2 Å². The summed E-state index contributed by atoms with van der Waals surface area (Å²) in [5.41, 5.74) is 0.586. The van der Waals surface area contributed by atoms with Gasteiger partial charge in [0.25, 0.3) is 0 Å². The molecule has 37 heavy (non-hydrogen) atoms. The van der Waals surface area contributed by atoms with Gasteiger partial charge < -0.3 is 25.2 Å². The molecule has 5 rings (SSSR count). The molecular weight excluding hydrogens is 528 g/mol. The van der Waals surface area contributed by atoms with E-state index in [1.807, 2.05) is 32.0 Å². The lowest BCUT2D eigenvalue weighted by Crippen LogP contribution is -2.58. The first-order chi connectivity index (χ1) is 16.5. The van der Waals surface area contributed by atoms with E-state index in [0.29, 0.717) is 17.9 Å². The highest BCUT2D eigenvalue weighted by atomic mass is 35.5. The summed E-state index contributed by atoms with van der Waals surface area (Å²) in [6, 6.07) is 14.7. The van der Waals surface area contributed by atoms with Crippen LogP contribution >= 0.6 is 24.8 Å². The minimum Gasteiger partial charge on any atom is -0.490 e. The predicted molar refractivity (Wildman–Crippen MR) is 141 cm³/mol. The van der Waals surface area contributed by atoms with E-state index in [1.165, 1.54) is 12.1 Å². The highest BCUT2D eigenvalue weighted by Gasteiger charge is 2.56. The molecule has 0 unspecified atom stereocenters. The van der Waals surface area contributed by atoms with Crippen LogP contribution in [0.5, 0.6) is 11.5 Å². The van der Waals surface area contributed by atoms with E-state index in [9.17, 15) is 18.3 Å². The second-order valence-corrected chi connectivity index (χ2v) is 10.7. The van der Waals surface area contributed by atoms with E-state index >= 15 is 0 Å². The van der Waals surface area contributed by atoms with Crippen molar-refractivity contribution in [3.05, 3.63) is 59.7 Å². The molecule has 0 amide bonds. The highest BCUT2D eigenvalue weighted by Crippen LogP contribution is 2.49. The van der Waals surface area contributed by atoms with Crippen molar-refractivity contribution in [2.24, 2.45) is 5.92 Å². The van der Waals surface area contributed by atoms with E-state index in [0.717, 1.165) is 37.7 Å². The van der Waals surface area contributed by atoms with Crippen LogP contribution in [-0.2, 0) is 12.1 Å². The standard InChI is InChI=1S/C27H33F3N2O3.2ClH/c1-25(2,33)21-15-26(18-6-4-3-5-7-18)24(13-11-22(21)32-26)31-16-17-14-20(35-27(28,29)30)10-12-23(17)34-19-8-9-19;;/h3-7,10,12,14,19,21-22,24,31-33H,8-9,11,13,15-16H2,1-2H3;2*1H/t21-,22+,24-,26-;;/m1../s1. The molecule has 206 valence electrons. The van der Waals surface area contributed by atoms with Gasteiger partial charge in [-0.05, 0) is 69.7 Å². The first kappa shape index (κ1) is 29.8. The maximum absolute atomic E-state index is 12.8. The van der Waals surface area contributed by atoms with Crippen LogP contribution in [0.15, 0.2) is 48.5 Å². The lowest BCUT2D eigenvalue weighted by Gasteiger charge is -2.43. The van der Waals surface area contributed by atoms with E-state index < -0.39 is 12.0 Å². The van der Waals surface area contributed by atoms with Gasteiger partial charge in [0.05, 0.1) is 17.2 Å². The number of rotatable bonds is 8. The van der Waals surface area contributed by atoms with Crippen molar-refractivity contribution >= 4 is 24.8 Å². The molecule has 0 aromatic heterocycles. The molecule has 0 radical (unpaired) electrons. The Labute approximate surface area is 228 Å². The molecule has 5 nitrogen and oxygen atoms in total. The third-order valence-electron chi connectivity index (χ3n) is 7.65. The van der Waals surface area contributed by atoms with Crippen LogP contribution in [0.1, 0.15) is 57.1 Å². The average molecular weight is 563 g/mol. The number of benzene rings is 2. The van der Waals surface area contributed by atoms with Gasteiger partial charge in [0.1, 0.15) is 11.5 Å². The minimum atomic E-state index is -4.75. The zero-order chi connectivity index (χ0) is 24.8. The number of fused-ring (bicyclic) bond motifs is 2. The normalized spacial score (nSPS) is 27.1. The number of nitrogens with one attached hydrogen (secondary N) is 2. The lowest BCUT2D eigenvalue weighted by molar-refractivity contribution is -0.274. The zero-order valence-electron chi connectivity index (χ0n) is 20.9. The summed E-state index contributed by atoms with van der Waals surface area (Å²) in [6.07, 6.45) is -0.155. The molecule has 10 heteroatoms. The molecule has 2 aliphatic heterocycles. The molecule has 0 spiro atoms. The molecule has 2 heterocycles. The van der Waals surface area contributed by atoms with Crippen LogP contribution in [0.25, 0.3) is 0 Å². The van der Waals surface area contributed by atoms with Crippen LogP contribution < -0.4 is 20.1 Å². The predicted octanol–water partition coefficient (Wildman–Crippen LogP) is 5.87. The molecular formula is C27H35Cl2F3N2O3. The van der Waals surface area contributed by atoms with Crippen molar-refractivity contribution in [1.82, 2.24) is 10.6 Å². The van der Waals surface area contributed by atoms with Crippen molar-refractivity contribution < 1.29 is 27.8 Å². The van der Waals surface area contributed by atoms with E-state index in [-0.39, 0.29) is 60.2 Å². The summed E-state index contributed by atoms with van der Waals surface area (Å²) >= 11 is 0. The molecule has 4 atom stereocenters. The quantitative estimate of drug-likeness (QED) is 0.375. The van der Waals surface area contributed by atoms with E-state index in [2.05, 4.69) is 27.5 Å². The van der Waals surface area contributed by atoms with Crippen molar-refractivity contribution in [2.75, 3.05) is 0 Å². The monoisotopic (exact) mass is 562 g/mol. The van der Waals surface area contributed by atoms with Gasteiger partial charge >= 0.3 is 6.36 Å². The summed E-state index contributed by atoms with van der Waals surface area (Å²) < 4.78 is 48.7. The largest absolute Gasteiger partial charge is 0.573 e. The second kappa shape index (κ2) is 11.2. The molecule has 3 N–H and O–H groups in total. The molecule has 2 aromatic carbocycles. The Hall–Kier alpha value is -1.71. The molecule has 1 saturated carbocycles. The van der Waals surface area contributed by atoms with Crippen LogP contribution in [0.4, 0.5) is 13.2 Å². The first-order valence-corrected chi connectivity index (χ1v) is 12.4. The molecule has 2 bridgehead atoms. The third-order valence-corrected chi connectivity index (χ3v) is 7.65. The molecule has 2 saturated heterocycles. The topological polar surface area (TPSA) is 62.8 Å². The average Bonchev–Trinajstić information content (AvgIpc) is 3.55. The Balaban J connectivity index is 0.00000190. The van der Waals surface area contributed by atoms with Gasteiger partial charge in [-0.15, -0.1) is 38.0 Å². The van der Waals surface area contributed by atoms with E-state index in [4.69, 9.17) is 4.74 Å². The maximum atomic E-state index is 12.8. The van der Waals surface area contributed by atoms with Gasteiger partial charge in [-0.3, -0.25) is 0 Å². The number of hydrogen-bond donors (Lipinski definition) is 3. The van der Waals surface area contributed by atoms with Crippen LogP contribution in [-0.4, -0.2) is 35.3 Å². The number of hydrogen-bond acceptors (Lipinski definition) is 5. The number of ether oxygens (including phenoxy) is 2. The van der Waals surface area contributed by atoms with E-state index in [1.54, 1.807) is 6.07 Å². The summed E-state index contributed by atoms with van der Waals surface area (Å²) in [7, 11) is 0. The maximum Gasteiger partial charge on any atom is 0.573 e. The minimum absolute atomic E-state index is 0. The zero-order valence-corrected chi connectivity index (χ0v) is 22.5. The van der Waals surface area contributed by atoms with Gasteiger partial charge in [-0.1, -0.05) is 30.3 Å². The molecule has 1 aliphatic carbocycles. The molecule has 3 aliphatic rings. The number of piperidine rings is 1. The second-order valence-electron chi connectivity index (χ2n) is 10.7. The smallest absolute Gasteiger partial charge is 0.490 e. The van der Waals surface area contributed by atoms with Gasteiger partial charge in [0, 0.05) is 30.1 Å². The summed E-state index contributed by atoms with van der Waals surface area (Å²) in [4.78, 5) is 0. The molecule has 2 aromatic rings. The fourth-order valence-electron chi connectivity index (χ4n) is 5.85. The Morgan fingerprint density at radius 2 is 1.73 bits per heavy atom. The Morgan fingerprint density at radius 1 is 1.03 bits per heavy atom. The molecule has 3 fully saturated rings. The number of halogens is 5. The Kier molecular flexibility index (Phi) is 9.02. The number of alkyl halides is 3. The Morgan fingerprint density at radius 3 is 2.35 bits per heavy atom. The van der Waals surface area contributed by atoms with Gasteiger partial charge in [-0.2, -0.15) is 0 Å². The van der Waals surface area contributed by atoms with Crippen LogP contribution in [0, 0.1) is 5.92 Å². The number of aliphatic hydroxyl groups is 1. The summed E-state index contributed by atoms with van der Waals surface area (Å²) in [5, 5.41) is 18.4. The fourth-order valence-corrected chi connectivity index (χ4v) is 5.85. The van der Waals surface area contributed by atoms with Crippen LogP contribution in [0.3, 0.4) is 0 Å². The van der Waals surface area contributed by atoms with Gasteiger partial charge in [0.15, 0.2) is 0 Å². The third kappa shape index (κ3) is 6.66. The Bertz CT molecular complexity index is 1050. The van der Waals surface area contributed by atoms with Gasteiger partial charge in [0.2, 0.25) is 0 Å². The SMILES string of the molecule is CC(C)(O)[C@@H]1C[C@]2(c3ccccc3)N[C@H]1CC[C@H]2NCc1cc(OC(F)(F)F)ccc1OC1CC1.Cl.Cl. The van der Waals surface area contributed by atoms with Crippen molar-refractivity contribution in [3.8, 4) is 11.5 Å². The highest BCUT2D eigenvalue weighted by molar-refractivity contribution is 5.85. The van der Waals surface area contributed by atoms with Crippen molar-refractivity contribution in [3.63, 3.8) is 0 Å². The first-order valence-electron chi connectivity index (χ1n) is 12.4. The summed E-state index contributed by atoms with van der Waals surface area (Å²) in [6.45, 7) is 4.08.